The minimum Gasteiger partial charge on any atom is -0.496 e. The summed E-state index contributed by atoms with van der Waals surface area (Å²) in [4.78, 5) is 5.12. The fourth-order valence-electron chi connectivity index (χ4n) is 11.8. The van der Waals surface area contributed by atoms with Crippen LogP contribution in [0.3, 0.4) is 0 Å². The molecule has 0 unspecified atom stereocenters. The highest BCUT2D eigenvalue weighted by Crippen LogP contribution is 2.73. The van der Waals surface area contributed by atoms with Crippen molar-refractivity contribution < 1.29 is 19.3 Å². The van der Waals surface area contributed by atoms with Gasteiger partial charge in [-0.3, -0.25) is 0 Å². The number of fused-ring (bicyclic) bond motifs is 5. The zero-order valence-corrected chi connectivity index (χ0v) is 28.0. The summed E-state index contributed by atoms with van der Waals surface area (Å²) in [6.45, 7) is 13.5. The second-order valence-electron chi connectivity index (χ2n) is 16.0. The van der Waals surface area contributed by atoms with Crippen LogP contribution >= 0.6 is 0 Å². The van der Waals surface area contributed by atoms with Crippen LogP contribution in [0.15, 0.2) is 24.3 Å². The van der Waals surface area contributed by atoms with Gasteiger partial charge in [-0.2, -0.15) is 0 Å². The van der Waals surface area contributed by atoms with Gasteiger partial charge in [0.15, 0.2) is 0 Å². The summed E-state index contributed by atoms with van der Waals surface area (Å²) in [6.07, 6.45) is 15.5. The molecule has 6 nitrogen and oxygen atoms in total. The van der Waals surface area contributed by atoms with Crippen molar-refractivity contribution in [3.63, 3.8) is 0 Å². The number of aliphatic hydroxyl groups is 1. The quantitative estimate of drug-likeness (QED) is 0.321. The zero-order chi connectivity index (χ0) is 30.4. The van der Waals surface area contributed by atoms with Gasteiger partial charge in [-0.05, 0) is 139 Å². The van der Waals surface area contributed by atoms with Crippen LogP contribution < -0.4 is 4.74 Å². The van der Waals surface area contributed by atoms with Gasteiger partial charge in [0.1, 0.15) is 11.4 Å². The lowest BCUT2D eigenvalue weighted by Crippen LogP contribution is -2.65. The van der Waals surface area contributed by atoms with Crippen LogP contribution in [0.4, 0.5) is 0 Å². The third kappa shape index (κ3) is 5.09. The van der Waals surface area contributed by atoms with E-state index in [2.05, 4.69) is 47.9 Å². The molecule has 6 fully saturated rings. The Kier molecular flexibility index (Phi) is 8.89. The first-order valence-electron chi connectivity index (χ1n) is 18.4. The molecule has 44 heavy (non-hydrogen) atoms. The molecule has 4 aliphatic carbocycles. The summed E-state index contributed by atoms with van der Waals surface area (Å²) < 4.78 is 19.7. The Bertz CT molecular complexity index is 1140. The van der Waals surface area contributed by atoms with E-state index >= 15 is 0 Å². The van der Waals surface area contributed by atoms with Crippen LogP contribution in [0.1, 0.15) is 103 Å². The Balaban J connectivity index is 1.10. The van der Waals surface area contributed by atoms with E-state index in [0.717, 1.165) is 56.7 Å². The van der Waals surface area contributed by atoms with Gasteiger partial charge in [0.2, 0.25) is 0 Å². The van der Waals surface area contributed by atoms with Gasteiger partial charge >= 0.3 is 0 Å². The number of para-hydroxylation sites is 1. The fourth-order valence-corrected chi connectivity index (χ4v) is 11.8. The molecule has 0 spiro atoms. The molecule has 0 radical (unpaired) electrons. The molecule has 7 rings (SSSR count). The molecule has 2 heterocycles. The number of likely N-dealkylation sites (tertiary alicyclic amines) is 2. The molecular weight excluding hydrogens is 548 g/mol. The van der Waals surface area contributed by atoms with Crippen LogP contribution in [0, 0.1) is 28.6 Å². The van der Waals surface area contributed by atoms with E-state index in [0.29, 0.717) is 35.9 Å². The normalized spacial score (nSPS) is 42.6. The first kappa shape index (κ1) is 31.4. The predicted octanol–water partition coefficient (Wildman–Crippen LogP) is 6.64. The molecule has 2 aliphatic heterocycles. The number of nitrogens with zero attached hydrogens (tertiary/aromatic N) is 2. The van der Waals surface area contributed by atoms with E-state index in [9.17, 15) is 5.11 Å². The molecule has 246 valence electrons. The molecule has 6 heteroatoms. The standard InChI is InChI=1S/C38H60N2O4/c1-35-16-14-30(43-26-24-39-20-6-7-21-39)28-29(35)12-13-32-31(35)15-17-36(2)37(32,41)18-19-38(36,33-10-4-5-11-34(33)42-3)44-27-25-40-22-8-9-23-40/h4-5,10-11,29-32,41H,6-9,12-28H2,1-3H3/t29-,30+,31+,32-,35+,36+,37+,38+/m1/s1. The molecule has 0 amide bonds. The van der Waals surface area contributed by atoms with E-state index in [-0.39, 0.29) is 5.41 Å². The summed E-state index contributed by atoms with van der Waals surface area (Å²) in [6, 6.07) is 8.51. The third-order valence-corrected chi connectivity index (χ3v) is 14.4. The lowest BCUT2D eigenvalue weighted by Gasteiger charge is -2.65. The van der Waals surface area contributed by atoms with Gasteiger partial charge in [0.25, 0.3) is 0 Å². The van der Waals surface area contributed by atoms with Crippen molar-refractivity contribution in [1.82, 2.24) is 9.80 Å². The maximum absolute atomic E-state index is 13.2. The van der Waals surface area contributed by atoms with Crippen molar-refractivity contribution in [2.24, 2.45) is 28.6 Å². The van der Waals surface area contributed by atoms with Gasteiger partial charge in [-0.15, -0.1) is 0 Å². The first-order valence-corrected chi connectivity index (χ1v) is 18.4. The second-order valence-corrected chi connectivity index (χ2v) is 16.0. The number of hydrogen-bond acceptors (Lipinski definition) is 6. The van der Waals surface area contributed by atoms with E-state index in [1.165, 1.54) is 84.0 Å². The van der Waals surface area contributed by atoms with Crippen LogP contribution in [0.2, 0.25) is 0 Å². The maximum Gasteiger partial charge on any atom is 0.124 e. The molecule has 1 N–H and O–H groups in total. The smallest absolute Gasteiger partial charge is 0.124 e. The van der Waals surface area contributed by atoms with Gasteiger partial charge in [-0.1, -0.05) is 32.0 Å². The summed E-state index contributed by atoms with van der Waals surface area (Å²) >= 11 is 0. The SMILES string of the molecule is COc1ccccc1[C@@]1(OCCN2CCCC2)CC[C@]2(O)[C@@H]3CC[C@@H]4C[C@@H](OCCN5CCCC5)CC[C@]4(C)[C@H]3CC[C@]12C. The topological polar surface area (TPSA) is 54.4 Å². The molecule has 1 aromatic rings. The Labute approximate surface area is 267 Å². The van der Waals surface area contributed by atoms with Crippen molar-refractivity contribution in [2.45, 2.75) is 115 Å². The number of ether oxygens (including phenoxy) is 3. The number of rotatable bonds is 10. The van der Waals surface area contributed by atoms with Gasteiger partial charge in [-0.25, -0.2) is 0 Å². The van der Waals surface area contributed by atoms with E-state index < -0.39 is 11.2 Å². The highest BCUT2D eigenvalue weighted by Gasteiger charge is 2.73. The molecule has 4 saturated carbocycles. The van der Waals surface area contributed by atoms with Crippen LogP contribution in [-0.4, -0.2) is 86.2 Å². The monoisotopic (exact) mass is 608 g/mol. The van der Waals surface area contributed by atoms with Crippen LogP contribution in [0.5, 0.6) is 5.75 Å². The van der Waals surface area contributed by atoms with Crippen LogP contribution in [0.25, 0.3) is 0 Å². The zero-order valence-electron chi connectivity index (χ0n) is 28.0. The summed E-state index contributed by atoms with van der Waals surface area (Å²) in [7, 11) is 1.78. The van der Waals surface area contributed by atoms with Gasteiger partial charge in [0.05, 0.1) is 32.0 Å². The Hall–Kier alpha value is -1.18. The highest BCUT2D eigenvalue weighted by molar-refractivity contribution is 5.43. The van der Waals surface area contributed by atoms with Crippen molar-refractivity contribution in [3.8, 4) is 5.75 Å². The van der Waals surface area contributed by atoms with Crippen molar-refractivity contribution in [1.29, 1.82) is 0 Å². The van der Waals surface area contributed by atoms with E-state index in [4.69, 9.17) is 14.2 Å². The van der Waals surface area contributed by atoms with Gasteiger partial charge in [0, 0.05) is 24.1 Å². The number of benzene rings is 1. The van der Waals surface area contributed by atoms with E-state index in [1.807, 2.05) is 0 Å². The summed E-state index contributed by atoms with van der Waals surface area (Å²) in [5, 5.41) is 13.2. The number of methoxy groups -OCH3 is 1. The molecule has 1 aromatic carbocycles. The maximum atomic E-state index is 13.2. The minimum absolute atomic E-state index is 0.293. The lowest BCUT2D eigenvalue weighted by molar-refractivity contribution is -0.250. The van der Waals surface area contributed by atoms with Crippen molar-refractivity contribution in [2.75, 3.05) is 59.6 Å². The average molecular weight is 609 g/mol. The predicted molar refractivity (Wildman–Crippen MR) is 175 cm³/mol. The Morgan fingerprint density at radius 2 is 1.50 bits per heavy atom. The van der Waals surface area contributed by atoms with Crippen LogP contribution in [-0.2, 0) is 15.1 Å². The average Bonchev–Trinajstić information content (AvgIpc) is 3.79. The minimum atomic E-state index is -0.735. The van der Waals surface area contributed by atoms with Crippen molar-refractivity contribution >= 4 is 0 Å². The molecule has 8 atom stereocenters. The number of hydrogen-bond donors (Lipinski definition) is 1. The summed E-state index contributed by atoms with van der Waals surface area (Å²) in [5.41, 5.74) is -0.202. The molecule has 6 aliphatic rings. The van der Waals surface area contributed by atoms with Gasteiger partial charge < -0.3 is 29.1 Å². The molecule has 0 bridgehead atoms. The fraction of sp³-hybridized carbons (Fsp3) is 0.842. The first-order chi connectivity index (χ1) is 21.3. The summed E-state index contributed by atoms with van der Waals surface area (Å²) in [5.74, 6) is 2.51. The Morgan fingerprint density at radius 1 is 0.795 bits per heavy atom. The third-order valence-electron chi connectivity index (χ3n) is 14.4. The molecule has 2 saturated heterocycles. The molecular formula is C38H60N2O4. The lowest BCUT2D eigenvalue weighted by atomic mass is 9.42. The largest absolute Gasteiger partial charge is 0.496 e. The molecule has 0 aromatic heterocycles. The van der Waals surface area contributed by atoms with Crippen molar-refractivity contribution in [3.05, 3.63) is 29.8 Å². The second kappa shape index (κ2) is 12.4. The van der Waals surface area contributed by atoms with E-state index in [1.54, 1.807) is 7.11 Å². The highest BCUT2D eigenvalue weighted by atomic mass is 16.5. The Morgan fingerprint density at radius 3 is 2.23 bits per heavy atom.